The summed E-state index contributed by atoms with van der Waals surface area (Å²) in [6, 6.07) is 0. The Kier molecular flexibility index (Phi) is 4.76. The molecule has 1 nitrogen and oxygen atoms in total. The Morgan fingerprint density at radius 1 is 1.35 bits per heavy atom. The molecule has 1 aliphatic carbocycles. The second-order valence-corrected chi connectivity index (χ2v) is 12.0. The van der Waals surface area contributed by atoms with Crippen molar-refractivity contribution >= 4 is 13.9 Å². The number of Topliss-reactive ketones (excluding diaryl/α,β-unsaturated/α-hetero) is 1. The maximum absolute atomic E-state index is 11.2. The zero-order valence-corrected chi connectivity index (χ0v) is 13.2. The van der Waals surface area contributed by atoms with E-state index in [-0.39, 0.29) is 0 Å². The fraction of sp³-hybridized carbons (Fsp3) is 0.800. The molecule has 0 aliphatic heterocycles. The summed E-state index contributed by atoms with van der Waals surface area (Å²) in [6.07, 6.45) is 7.01. The molecule has 1 atom stereocenters. The average molecular weight is 252 g/mol. The Hall–Kier alpha value is -0.373. The highest BCUT2D eigenvalue weighted by atomic mass is 28.3. The predicted molar refractivity (Wildman–Crippen MR) is 77.9 cm³/mol. The number of carbonyl (C=O) groups excluding carboxylic acids is 1. The van der Waals surface area contributed by atoms with Crippen LogP contribution in [0.5, 0.6) is 0 Å². The van der Waals surface area contributed by atoms with Crippen molar-refractivity contribution < 1.29 is 4.79 Å². The summed E-state index contributed by atoms with van der Waals surface area (Å²) in [5.41, 5.74) is 4.56. The third-order valence-electron chi connectivity index (χ3n) is 3.84. The highest BCUT2D eigenvalue weighted by Gasteiger charge is 2.32. The largest absolute Gasteiger partial charge is 0.300 e. The van der Waals surface area contributed by atoms with Crippen molar-refractivity contribution in [3.8, 4) is 0 Å². The van der Waals surface area contributed by atoms with Gasteiger partial charge in [-0.1, -0.05) is 44.3 Å². The highest BCUT2D eigenvalue weighted by Crippen LogP contribution is 2.44. The SMILES string of the molecule is CC(=O)CC[C@@]1(C)CCCC/C1=C\[Si](C)(C)C. The van der Waals surface area contributed by atoms with Crippen LogP contribution in [-0.2, 0) is 4.79 Å². The molecule has 0 heterocycles. The van der Waals surface area contributed by atoms with Crippen LogP contribution in [-0.4, -0.2) is 13.9 Å². The predicted octanol–water partition coefficient (Wildman–Crippen LogP) is 4.74. The molecule has 0 N–H and O–H groups in total. The molecule has 98 valence electrons. The van der Waals surface area contributed by atoms with E-state index in [0.717, 1.165) is 12.8 Å². The minimum absolute atomic E-state index is 0.310. The van der Waals surface area contributed by atoms with Crippen LogP contribution in [0.3, 0.4) is 0 Å². The second-order valence-electron chi connectivity index (χ2n) is 7.01. The first-order valence-corrected chi connectivity index (χ1v) is 10.5. The smallest absolute Gasteiger partial charge is 0.129 e. The molecule has 0 radical (unpaired) electrons. The number of hydrogen-bond donors (Lipinski definition) is 0. The third kappa shape index (κ3) is 4.78. The Morgan fingerprint density at radius 3 is 2.53 bits per heavy atom. The molecule has 0 unspecified atom stereocenters. The molecule has 0 amide bonds. The van der Waals surface area contributed by atoms with Gasteiger partial charge in [-0.15, -0.1) is 0 Å². The summed E-state index contributed by atoms with van der Waals surface area (Å²) >= 11 is 0. The minimum Gasteiger partial charge on any atom is -0.300 e. The number of carbonyl (C=O) groups is 1. The quantitative estimate of drug-likeness (QED) is 0.661. The van der Waals surface area contributed by atoms with Crippen LogP contribution in [0.25, 0.3) is 0 Å². The molecule has 1 saturated carbocycles. The van der Waals surface area contributed by atoms with Gasteiger partial charge >= 0.3 is 0 Å². The molecular weight excluding hydrogens is 224 g/mol. The van der Waals surface area contributed by atoms with Gasteiger partial charge in [0.25, 0.3) is 0 Å². The minimum atomic E-state index is -1.14. The van der Waals surface area contributed by atoms with E-state index in [4.69, 9.17) is 0 Å². The summed E-state index contributed by atoms with van der Waals surface area (Å²) in [7, 11) is -1.14. The van der Waals surface area contributed by atoms with Gasteiger partial charge in [0, 0.05) is 6.42 Å². The van der Waals surface area contributed by atoms with E-state index in [1.54, 1.807) is 12.5 Å². The molecule has 2 heteroatoms. The zero-order valence-electron chi connectivity index (χ0n) is 12.2. The van der Waals surface area contributed by atoms with Gasteiger partial charge in [-0.3, -0.25) is 0 Å². The van der Waals surface area contributed by atoms with Gasteiger partial charge in [-0.2, -0.15) is 0 Å². The number of allylic oxidation sites excluding steroid dienone is 1. The van der Waals surface area contributed by atoms with Crippen molar-refractivity contribution in [3.05, 3.63) is 11.3 Å². The van der Waals surface area contributed by atoms with Crippen molar-refractivity contribution in [1.29, 1.82) is 0 Å². The maximum Gasteiger partial charge on any atom is 0.129 e. The van der Waals surface area contributed by atoms with E-state index in [2.05, 4.69) is 32.3 Å². The van der Waals surface area contributed by atoms with E-state index in [9.17, 15) is 4.79 Å². The molecular formula is C15H28OSi. The van der Waals surface area contributed by atoms with Gasteiger partial charge < -0.3 is 4.79 Å². The Morgan fingerprint density at radius 2 is 2.00 bits per heavy atom. The van der Waals surface area contributed by atoms with Crippen LogP contribution in [0.1, 0.15) is 52.4 Å². The van der Waals surface area contributed by atoms with Gasteiger partial charge in [0.2, 0.25) is 0 Å². The van der Waals surface area contributed by atoms with E-state index in [1.165, 1.54) is 25.7 Å². The average Bonchev–Trinajstić information content (AvgIpc) is 2.17. The van der Waals surface area contributed by atoms with Crippen molar-refractivity contribution in [2.45, 2.75) is 72.0 Å². The zero-order chi connectivity index (χ0) is 13.1. The van der Waals surface area contributed by atoms with Crippen LogP contribution >= 0.6 is 0 Å². The lowest BCUT2D eigenvalue weighted by Crippen LogP contribution is -2.28. The van der Waals surface area contributed by atoms with Gasteiger partial charge in [-0.05, 0) is 38.0 Å². The van der Waals surface area contributed by atoms with E-state index < -0.39 is 8.07 Å². The van der Waals surface area contributed by atoms with E-state index in [1.807, 2.05) is 0 Å². The lowest BCUT2D eigenvalue weighted by molar-refractivity contribution is -0.117. The molecule has 0 aromatic heterocycles. The van der Waals surface area contributed by atoms with Gasteiger partial charge in [-0.25, -0.2) is 0 Å². The van der Waals surface area contributed by atoms with Gasteiger partial charge in [0.05, 0.1) is 8.07 Å². The third-order valence-corrected chi connectivity index (χ3v) is 5.05. The first-order valence-electron chi connectivity index (χ1n) is 6.95. The first kappa shape index (κ1) is 14.7. The lowest BCUT2D eigenvalue weighted by atomic mass is 9.69. The van der Waals surface area contributed by atoms with E-state index >= 15 is 0 Å². The Bertz CT molecular complexity index is 311. The molecule has 0 spiro atoms. The summed E-state index contributed by atoms with van der Waals surface area (Å²) in [5.74, 6) is 0.337. The summed E-state index contributed by atoms with van der Waals surface area (Å²) in [5, 5.41) is 0. The van der Waals surface area contributed by atoms with Crippen molar-refractivity contribution in [2.24, 2.45) is 5.41 Å². The normalized spacial score (nSPS) is 28.4. The van der Waals surface area contributed by atoms with Gasteiger partial charge in [0.1, 0.15) is 5.78 Å². The first-order chi connectivity index (χ1) is 7.73. The number of ketones is 1. The van der Waals surface area contributed by atoms with Crippen LogP contribution in [0, 0.1) is 5.41 Å². The topological polar surface area (TPSA) is 17.1 Å². The molecule has 1 aliphatic rings. The van der Waals surface area contributed by atoms with Crippen molar-refractivity contribution in [2.75, 3.05) is 0 Å². The standard InChI is InChI=1S/C15H28OSi/c1-13(16)9-11-15(2)10-7-6-8-14(15)12-17(3,4)5/h12H,6-11H2,1-5H3/b14-12+/t15-/m1/s1. The molecule has 0 saturated heterocycles. The second kappa shape index (κ2) is 5.51. The van der Waals surface area contributed by atoms with Crippen LogP contribution in [0.4, 0.5) is 0 Å². The van der Waals surface area contributed by atoms with Crippen LogP contribution in [0.15, 0.2) is 11.3 Å². The number of rotatable bonds is 4. The monoisotopic (exact) mass is 252 g/mol. The Labute approximate surface area is 108 Å². The van der Waals surface area contributed by atoms with Gasteiger partial charge in [0.15, 0.2) is 0 Å². The molecule has 0 aromatic rings. The molecule has 1 fully saturated rings. The van der Waals surface area contributed by atoms with Crippen molar-refractivity contribution in [3.63, 3.8) is 0 Å². The molecule has 1 rings (SSSR count). The summed E-state index contributed by atoms with van der Waals surface area (Å²) < 4.78 is 0. The summed E-state index contributed by atoms with van der Waals surface area (Å²) in [4.78, 5) is 11.2. The fourth-order valence-corrected chi connectivity index (χ4v) is 4.34. The lowest BCUT2D eigenvalue weighted by Gasteiger charge is -2.38. The van der Waals surface area contributed by atoms with Crippen LogP contribution < -0.4 is 0 Å². The van der Waals surface area contributed by atoms with Crippen molar-refractivity contribution in [1.82, 2.24) is 0 Å². The van der Waals surface area contributed by atoms with E-state index in [0.29, 0.717) is 11.2 Å². The highest BCUT2D eigenvalue weighted by molar-refractivity contribution is 6.81. The van der Waals surface area contributed by atoms with Crippen LogP contribution in [0.2, 0.25) is 19.6 Å². The molecule has 0 aromatic carbocycles. The summed E-state index contributed by atoms with van der Waals surface area (Å²) in [6.45, 7) is 11.3. The Balaban J connectivity index is 2.84. The molecule has 0 bridgehead atoms. The maximum atomic E-state index is 11.2. The fourth-order valence-electron chi connectivity index (χ4n) is 2.80. The number of hydrogen-bond acceptors (Lipinski definition) is 1. The molecule has 17 heavy (non-hydrogen) atoms.